The number of thiophene rings is 1. The zero-order valence-electron chi connectivity index (χ0n) is 14.6. The summed E-state index contributed by atoms with van der Waals surface area (Å²) >= 11 is 1.70. The number of aryl methyl sites for hydroxylation is 1. The Bertz CT molecular complexity index is 918. The molecular formula is C19H21N5OS. The highest BCUT2D eigenvalue weighted by atomic mass is 32.1. The lowest BCUT2D eigenvalue weighted by Gasteiger charge is -2.22. The standard InChI is InChI=1S/C19H21N5OS/c1-13-6-2-3-8-15(13)24-18(16-9-4-10-23(16)19(20)25)21-17(22-24)12-14-7-5-11-26-14/h2-3,5-8,11,16H,4,9-10,12H2,1H3,(H2,20,25)/t16-/m0/s1. The number of amides is 2. The van der Waals surface area contributed by atoms with Crippen LogP contribution in [0.5, 0.6) is 0 Å². The summed E-state index contributed by atoms with van der Waals surface area (Å²) in [6.45, 7) is 2.72. The maximum atomic E-state index is 11.9. The van der Waals surface area contributed by atoms with Crippen LogP contribution in [0.15, 0.2) is 41.8 Å². The Balaban J connectivity index is 1.79. The van der Waals surface area contributed by atoms with Gasteiger partial charge in [0.15, 0.2) is 11.6 Å². The number of hydrogen-bond acceptors (Lipinski definition) is 4. The first-order valence-electron chi connectivity index (χ1n) is 8.74. The van der Waals surface area contributed by atoms with Crippen molar-refractivity contribution >= 4 is 17.4 Å². The van der Waals surface area contributed by atoms with Gasteiger partial charge in [-0.1, -0.05) is 24.3 Å². The summed E-state index contributed by atoms with van der Waals surface area (Å²) < 4.78 is 1.89. The van der Waals surface area contributed by atoms with Crippen LogP contribution in [0.4, 0.5) is 4.79 Å². The molecule has 2 amide bonds. The Morgan fingerprint density at radius 1 is 1.31 bits per heavy atom. The second kappa shape index (κ2) is 6.92. The molecule has 1 fully saturated rings. The van der Waals surface area contributed by atoms with Gasteiger partial charge in [-0.25, -0.2) is 14.5 Å². The topological polar surface area (TPSA) is 77.0 Å². The molecule has 6 nitrogen and oxygen atoms in total. The number of carbonyl (C=O) groups excluding carboxylic acids is 1. The van der Waals surface area contributed by atoms with Crippen LogP contribution in [0.1, 0.15) is 41.0 Å². The molecule has 2 N–H and O–H groups in total. The minimum atomic E-state index is -0.397. The SMILES string of the molecule is Cc1ccccc1-n1nc(Cc2cccs2)nc1[C@@H]1CCCN1C(N)=O. The minimum Gasteiger partial charge on any atom is -0.351 e. The van der Waals surface area contributed by atoms with E-state index in [2.05, 4.69) is 24.4 Å². The van der Waals surface area contributed by atoms with Gasteiger partial charge < -0.3 is 10.6 Å². The number of urea groups is 1. The van der Waals surface area contributed by atoms with Crippen molar-refractivity contribution in [2.24, 2.45) is 5.73 Å². The van der Waals surface area contributed by atoms with E-state index in [0.29, 0.717) is 13.0 Å². The van der Waals surface area contributed by atoms with Gasteiger partial charge >= 0.3 is 6.03 Å². The predicted octanol–water partition coefficient (Wildman–Crippen LogP) is 3.44. The third-order valence-electron chi connectivity index (χ3n) is 4.77. The quantitative estimate of drug-likeness (QED) is 0.767. The van der Waals surface area contributed by atoms with Crippen molar-refractivity contribution in [2.75, 3.05) is 6.54 Å². The number of rotatable bonds is 4. The number of nitrogens with zero attached hydrogens (tertiary/aromatic N) is 4. The summed E-state index contributed by atoms with van der Waals surface area (Å²) in [6, 6.07) is 11.7. The van der Waals surface area contributed by atoms with Gasteiger partial charge in [0.2, 0.25) is 0 Å². The van der Waals surface area contributed by atoms with Crippen LogP contribution in [0.3, 0.4) is 0 Å². The Morgan fingerprint density at radius 3 is 2.88 bits per heavy atom. The van der Waals surface area contributed by atoms with Gasteiger partial charge in [-0.3, -0.25) is 0 Å². The molecule has 1 aliphatic rings. The van der Waals surface area contributed by atoms with E-state index in [4.69, 9.17) is 15.8 Å². The summed E-state index contributed by atoms with van der Waals surface area (Å²) in [7, 11) is 0. The van der Waals surface area contributed by atoms with Crippen molar-refractivity contribution < 1.29 is 4.79 Å². The smallest absolute Gasteiger partial charge is 0.315 e. The van der Waals surface area contributed by atoms with Gasteiger partial charge in [-0.05, 0) is 42.8 Å². The second-order valence-electron chi connectivity index (χ2n) is 6.53. The Kier molecular flexibility index (Phi) is 4.46. The van der Waals surface area contributed by atoms with Crippen LogP contribution >= 0.6 is 11.3 Å². The molecule has 0 spiro atoms. The van der Waals surface area contributed by atoms with Crippen molar-refractivity contribution in [3.63, 3.8) is 0 Å². The number of benzene rings is 1. The molecule has 1 atom stereocenters. The van der Waals surface area contributed by atoms with E-state index in [1.165, 1.54) is 4.88 Å². The number of carbonyl (C=O) groups is 1. The summed E-state index contributed by atoms with van der Waals surface area (Å²) in [5, 5.41) is 6.84. The fourth-order valence-electron chi connectivity index (χ4n) is 3.51. The number of para-hydroxylation sites is 1. The number of primary amides is 1. The molecule has 2 aromatic heterocycles. The highest BCUT2D eigenvalue weighted by molar-refractivity contribution is 7.09. The van der Waals surface area contributed by atoms with E-state index in [0.717, 1.165) is 35.7 Å². The zero-order chi connectivity index (χ0) is 18.1. The van der Waals surface area contributed by atoms with Gasteiger partial charge in [0.05, 0.1) is 11.7 Å². The summed E-state index contributed by atoms with van der Waals surface area (Å²) in [6.07, 6.45) is 2.47. The Labute approximate surface area is 156 Å². The molecule has 4 rings (SSSR count). The highest BCUT2D eigenvalue weighted by Gasteiger charge is 2.33. The second-order valence-corrected chi connectivity index (χ2v) is 7.56. The van der Waals surface area contributed by atoms with E-state index in [1.54, 1.807) is 16.2 Å². The molecule has 0 aliphatic carbocycles. The van der Waals surface area contributed by atoms with Crippen LogP contribution in [-0.4, -0.2) is 32.2 Å². The molecule has 3 aromatic rings. The van der Waals surface area contributed by atoms with Gasteiger partial charge in [0.25, 0.3) is 0 Å². The third kappa shape index (κ3) is 3.10. The number of hydrogen-bond donors (Lipinski definition) is 1. The highest BCUT2D eigenvalue weighted by Crippen LogP contribution is 2.32. The van der Waals surface area contributed by atoms with Crippen LogP contribution in [0.2, 0.25) is 0 Å². The molecule has 0 radical (unpaired) electrons. The lowest BCUT2D eigenvalue weighted by atomic mass is 10.1. The monoisotopic (exact) mass is 367 g/mol. The first kappa shape index (κ1) is 16.8. The average Bonchev–Trinajstić information content (AvgIpc) is 3.35. The molecule has 7 heteroatoms. The lowest BCUT2D eigenvalue weighted by Crippen LogP contribution is -2.36. The third-order valence-corrected chi connectivity index (χ3v) is 5.64. The fourth-order valence-corrected chi connectivity index (χ4v) is 4.21. The first-order valence-corrected chi connectivity index (χ1v) is 9.62. The summed E-state index contributed by atoms with van der Waals surface area (Å²) in [5.41, 5.74) is 7.70. The summed E-state index contributed by atoms with van der Waals surface area (Å²) in [4.78, 5) is 19.6. The Hall–Kier alpha value is -2.67. The molecule has 0 unspecified atom stereocenters. The van der Waals surface area contributed by atoms with Crippen molar-refractivity contribution in [2.45, 2.75) is 32.2 Å². The largest absolute Gasteiger partial charge is 0.351 e. The first-order chi connectivity index (χ1) is 12.6. The van der Waals surface area contributed by atoms with Crippen LogP contribution in [0.25, 0.3) is 5.69 Å². The number of nitrogens with two attached hydrogens (primary N) is 1. The lowest BCUT2D eigenvalue weighted by molar-refractivity contribution is 0.200. The van der Waals surface area contributed by atoms with Crippen molar-refractivity contribution in [3.8, 4) is 5.69 Å². The number of aromatic nitrogens is 3. The average molecular weight is 367 g/mol. The maximum absolute atomic E-state index is 11.9. The zero-order valence-corrected chi connectivity index (χ0v) is 15.4. The molecule has 1 aromatic carbocycles. The van der Waals surface area contributed by atoms with E-state index in [-0.39, 0.29) is 6.04 Å². The molecule has 134 valence electrons. The van der Waals surface area contributed by atoms with Crippen molar-refractivity contribution in [1.29, 1.82) is 0 Å². The summed E-state index contributed by atoms with van der Waals surface area (Å²) in [5.74, 6) is 1.56. The molecule has 0 saturated carbocycles. The normalized spacial score (nSPS) is 17.0. The van der Waals surface area contributed by atoms with Crippen molar-refractivity contribution in [3.05, 3.63) is 63.9 Å². The molecule has 3 heterocycles. The fraction of sp³-hybridized carbons (Fsp3) is 0.316. The molecule has 1 aliphatic heterocycles. The van der Waals surface area contributed by atoms with E-state index >= 15 is 0 Å². The van der Waals surface area contributed by atoms with Crippen molar-refractivity contribution in [1.82, 2.24) is 19.7 Å². The van der Waals surface area contributed by atoms with Gasteiger partial charge in [-0.2, -0.15) is 5.10 Å². The van der Waals surface area contributed by atoms with Gasteiger partial charge in [0.1, 0.15) is 0 Å². The van der Waals surface area contributed by atoms with Crippen LogP contribution in [-0.2, 0) is 6.42 Å². The van der Waals surface area contributed by atoms with Crippen LogP contribution < -0.4 is 5.73 Å². The van der Waals surface area contributed by atoms with E-state index in [1.807, 2.05) is 28.9 Å². The van der Waals surface area contributed by atoms with E-state index < -0.39 is 6.03 Å². The molecular weight excluding hydrogens is 346 g/mol. The number of likely N-dealkylation sites (tertiary alicyclic amines) is 1. The predicted molar refractivity (Wildman–Crippen MR) is 101 cm³/mol. The molecule has 0 bridgehead atoms. The molecule has 1 saturated heterocycles. The van der Waals surface area contributed by atoms with Gasteiger partial charge in [-0.15, -0.1) is 11.3 Å². The minimum absolute atomic E-state index is 0.128. The molecule has 26 heavy (non-hydrogen) atoms. The van der Waals surface area contributed by atoms with E-state index in [9.17, 15) is 4.79 Å². The van der Waals surface area contributed by atoms with Crippen LogP contribution in [0, 0.1) is 6.92 Å². The maximum Gasteiger partial charge on any atom is 0.315 e. The van der Waals surface area contributed by atoms with Gasteiger partial charge in [0, 0.05) is 17.8 Å². The Morgan fingerprint density at radius 2 is 2.15 bits per heavy atom.